The molecule has 2 aromatic rings. The first-order valence-corrected chi connectivity index (χ1v) is 7.70. The van der Waals surface area contributed by atoms with Gasteiger partial charge in [-0.2, -0.15) is 0 Å². The molecule has 1 spiro atoms. The number of hydrogen-bond donors (Lipinski definition) is 0. The minimum Gasteiger partial charge on any atom is -0.497 e. The number of aromatic nitrogens is 1. The summed E-state index contributed by atoms with van der Waals surface area (Å²) in [5.74, 6) is 0.996. The van der Waals surface area contributed by atoms with E-state index in [4.69, 9.17) is 4.74 Å². The van der Waals surface area contributed by atoms with Crippen molar-refractivity contribution in [2.75, 3.05) is 13.7 Å². The van der Waals surface area contributed by atoms with Crippen LogP contribution in [-0.2, 0) is 25.6 Å². The van der Waals surface area contributed by atoms with Crippen LogP contribution in [0.15, 0.2) is 36.5 Å². The fraction of sp³-hybridized carbons (Fsp3) is 0.444. The Hall–Kier alpha value is -1.74. The molecule has 110 valence electrons. The van der Waals surface area contributed by atoms with E-state index in [2.05, 4.69) is 53.0 Å². The van der Waals surface area contributed by atoms with Crippen LogP contribution in [0.5, 0.6) is 5.75 Å². The summed E-state index contributed by atoms with van der Waals surface area (Å²) in [7, 11) is 3.89. The summed E-state index contributed by atoms with van der Waals surface area (Å²) in [4.78, 5) is 2.59. The Labute approximate surface area is 126 Å². The lowest BCUT2D eigenvalue weighted by molar-refractivity contribution is 0.208. The van der Waals surface area contributed by atoms with Crippen molar-refractivity contribution >= 4 is 0 Å². The van der Waals surface area contributed by atoms with Crippen LogP contribution >= 0.6 is 0 Å². The Kier molecular flexibility index (Phi) is 2.86. The normalized spacial score (nSPS) is 19.5. The number of hydrogen-bond acceptors (Lipinski definition) is 2. The first kappa shape index (κ1) is 13.0. The van der Waals surface area contributed by atoms with Gasteiger partial charge < -0.3 is 9.30 Å². The molecule has 1 aromatic heterocycles. The molecular weight excluding hydrogens is 260 g/mol. The van der Waals surface area contributed by atoms with Gasteiger partial charge in [0.2, 0.25) is 0 Å². The molecule has 1 saturated carbocycles. The molecule has 0 radical (unpaired) electrons. The van der Waals surface area contributed by atoms with Crippen molar-refractivity contribution in [3.05, 3.63) is 53.3 Å². The van der Waals surface area contributed by atoms with E-state index in [9.17, 15) is 0 Å². The highest BCUT2D eigenvalue weighted by Crippen LogP contribution is 2.53. The number of fused-ring (bicyclic) bond motifs is 2. The maximum Gasteiger partial charge on any atom is 0.119 e. The van der Waals surface area contributed by atoms with Gasteiger partial charge in [-0.3, -0.25) is 4.90 Å². The molecule has 4 rings (SSSR count). The number of benzene rings is 1. The smallest absolute Gasteiger partial charge is 0.119 e. The molecule has 0 saturated heterocycles. The summed E-state index contributed by atoms with van der Waals surface area (Å²) >= 11 is 0. The maximum atomic E-state index is 5.41. The van der Waals surface area contributed by atoms with Crippen LogP contribution in [-0.4, -0.2) is 23.1 Å². The monoisotopic (exact) mass is 282 g/mol. The van der Waals surface area contributed by atoms with E-state index < -0.39 is 0 Å². The van der Waals surface area contributed by atoms with Gasteiger partial charge >= 0.3 is 0 Å². The topological polar surface area (TPSA) is 17.4 Å². The molecule has 0 bridgehead atoms. The summed E-state index contributed by atoms with van der Waals surface area (Å²) < 4.78 is 7.64. The molecule has 0 atom stereocenters. The van der Waals surface area contributed by atoms with E-state index in [1.54, 1.807) is 7.11 Å². The van der Waals surface area contributed by atoms with Gasteiger partial charge in [-0.25, -0.2) is 0 Å². The van der Waals surface area contributed by atoms with E-state index in [0.29, 0.717) is 5.41 Å². The Morgan fingerprint density at radius 3 is 2.76 bits per heavy atom. The Morgan fingerprint density at radius 1 is 1.24 bits per heavy atom. The van der Waals surface area contributed by atoms with Gasteiger partial charge in [0.15, 0.2) is 0 Å². The molecule has 1 aliphatic carbocycles. The van der Waals surface area contributed by atoms with Gasteiger partial charge in [-0.1, -0.05) is 6.07 Å². The number of nitrogens with zero attached hydrogens (tertiary/aromatic N) is 2. The van der Waals surface area contributed by atoms with Gasteiger partial charge in [0, 0.05) is 44.0 Å². The lowest BCUT2D eigenvalue weighted by Crippen LogP contribution is -2.37. The third-order valence-electron chi connectivity index (χ3n) is 5.10. The zero-order valence-corrected chi connectivity index (χ0v) is 12.8. The van der Waals surface area contributed by atoms with Gasteiger partial charge in [0.25, 0.3) is 0 Å². The number of ether oxygens (including phenoxy) is 1. The number of aryl methyl sites for hydroxylation is 1. The second kappa shape index (κ2) is 4.63. The molecule has 0 amide bonds. The van der Waals surface area contributed by atoms with E-state index in [-0.39, 0.29) is 0 Å². The lowest BCUT2D eigenvalue weighted by Gasteiger charge is -2.35. The average molecular weight is 282 g/mol. The van der Waals surface area contributed by atoms with Crippen molar-refractivity contribution in [2.24, 2.45) is 7.05 Å². The van der Waals surface area contributed by atoms with Crippen molar-refractivity contribution in [2.45, 2.75) is 31.3 Å². The third-order valence-corrected chi connectivity index (χ3v) is 5.10. The van der Waals surface area contributed by atoms with Crippen molar-refractivity contribution in [3.63, 3.8) is 0 Å². The van der Waals surface area contributed by atoms with Gasteiger partial charge in [0.1, 0.15) is 5.75 Å². The van der Waals surface area contributed by atoms with Crippen LogP contribution in [0.2, 0.25) is 0 Å². The van der Waals surface area contributed by atoms with Crippen LogP contribution in [0.1, 0.15) is 29.7 Å². The van der Waals surface area contributed by atoms with Crippen LogP contribution in [0, 0.1) is 0 Å². The van der Waals surface area contributed by atoms with Crippen LogP contribution < -0.4 is 4.74 Å². The van der Waals surface area contributed by atoms with Crippen molar-refractivity contribution in [1.29, 1.82) is 0 Å². The van der Waals surface area contributed by atoms with E-state index >= 15 is 0 Å². The largest absolute Gasteiger partial charge is 0.497 e. The highest BCUT2D eigenvalue weighted by atomic mass is 16.5. The third kappa shape index (κ3) is 2.16. The summed E-state index contributed by atoms with van der Waals surface area (Å²) in [5, 5.41) is 0. The molecule has 2 heterocycles. The molecule has 21 heavy (non-hydrogen) atoms. The van der Waals surface area contributed by atoms with Crippen LogP contribution in [0.25, 0.3) is 0 Å². The highest BCUT2D eigenvalue weighted by Gasteiger charge is 2.49. The molecule has 2 aliphatic rings. The van der Waals surface area contributed by atoms with Crippen molar-refractivity contribution < 1.29 is 4.74 Å². The molecule has 3 nitrogen and oxygen atoms in total. The van der Waals surface area contributed by atoms with Gasteiger partial charge in [0.05, 0.1) is 7.11 Å². The summed E-state index contributed by atoms with van der Waals surface area (Å²) in [6.45, 7) is 3.27. The zero-order valence-electron chi connectivity index (χ0n) is 12.8. The first-order chi connectivity index (χ1) is 10.2. The molecule has 1 aromatic carbocycles. The lowest BCUT2D eigenvalue weighted by atomic mass is 9.86. The number of rotatable bonds is 3. The van der Waals surface area contributed by atoms with Crippen LogP contribution in [0.4, 0.5) is 0 Å². The molecule has 1 fully saturated rings. The zero-order chi connectivity index (χ0) is 14.4. The standard InChI is InChI=1S/C18H22N2O/c1-19-9-3-4-15(19)12-20-11-14-5-6-16(21-2)10-17(14)18(13-20)7-8-18/h3-6,9-10H,7-8,11-13H2,1-2H3. The second-order valence-electron chi connectivity index (χ2n) is 6.56. The van der Waals surface area contributed by atoms with Crippen molar-refractivity contribution in [3.8, 4) is 5.75 Å². The van der Waals surface area contributed by atoms with Crippen molar-refractivity contribution in [1.82, 2.24) is 9.47 Å². The molecule has 1 aliphatic heterocycles. The maximum absolute atomic E-state index is 5.41. The summed E-state index contributed by atoms with van der Waals surface area (Å²) in [5.41, 5.74) is 4.80. The predicted molar refractivity (Wildman–Crippen MR) is 83.4 cm³/mol. The molecular formula is C18H22N2O. The van der Waals surface area contributed by atoms with Gasteiger partial charge in [-0.05, 0) is 48.2 Å². The average Bonchev–Trinajstić information content (AvgIpc) is 3.15. The fourth-order valence-electron chi connectivity index (χ4n) is 3.70. The molecule has 0 unspecified atom stereocenters. The predicted octanol–water partition coefficient (Wildman–Crippen LogP) is 3.08. The minimum atomic E-state index is 0.396. The fourth-order valence-corrected chi connectivity index (χ4v) is 3.70. The Bertz CT molecular complexity index is 670. The van der Waals surface area contributed by atoms with Crippen LogP contribution in [0.3, 0.4) is 0 Å². The quantitative estimate of drug-likeness (QED) is 0.861. The molecule has 0 N–H and O–H groups in total. The summed E-state index contributed by atoms with van der Waals surface area (Å²) in [6, 6.07) is 11.0. The Balaban J connectivity index is 1.63. The minimum absolute atomic E-state index is 0.396. The van der Waals surface area contributed by atoms with E-state index in [0.717, 1.165) is 18.8 Å². The van der Waals surface area contributed by atoms with E-state index in [1.165, 1.54) is 36.2 Å². The first-order valence-electron chi connectivity index (χ1n) is 7.70. The highest BCUT2D eigenvalue weighted by molar-refractivity contribution is 5.45. The molecule has 3 heteroatoms. The van der Waals surface area contributed by atoms with Gasteiger partial charge in [-0.15, -0.1) is 0 Å². The van der Waals surface area contributed by atoms with E-state index in [1.807, 2.05) is 0 Å². The number of methoxy groups -OCH3 is 1. The second-order valence-corrected chi connectivity index (χ2v) is 6.56. The summed E-state index contributed by atoms with van der Waals surface area (Å²) in [6.07, 6.45) is 4.76. The Morgan fingerprint density at radius 2 is 2.10 bits per heavy atom. The SMILES string of the molecule is COc1ccc2c(c1)C1(CC1)CN(Cc1cccn1C)C2.